The van der Waals surface area contributed by atoms with Gasteiger partial charge in [0.05, 0.1) is 17.9 Å². The zero-order valence-electron chi connectivity index (χ0n) is 23.2. The van der Waals surface area contributed by atoms with Gasteiger partial charge in [0.15, 0.2) is 0 Å². The standard InChI is InChI=1S/C30H40ClN3O5/c1-5-38-15-7-14-34-26(28(36)33-22-9-6-8-17(2)19(22)4)30-13-12-23(39-30)24(25(30)29(34)37)27(35)32-20-11-10-18(3)21(31)16-20/h10-13,16-17,19,22-26H,5-9,14-15H2,1-4H3,(H,32,35)(H,33,36). The van der Waals surface area contributed by atoms with E-state index in [1.807, 2.05) is 32.1 Å². The number of carbonyl (C=O) groups excluding carboxylic acids is 3. The average Bonchev–Trinajstić information content (AvgIpc) is 3.54. The van der Waals surface area contributed by atoms with E-state index in [0.717, 1.165) is 24.8 Å². The van der Waals surface area contributed by atoms with Crippen LogP contribution in [0.2, 0.25) is 5.02 Å². The number of anilines is 1. The van der Waals surface area contributed by atoms with Crippen LogP contribution < -0.4 is 10.6 Å². The maximum absolute atomic E-state index is 14.0. The van der Waals surface area contributed by atoms with Gasteiger partial charge in [-0.3, -0.25) is 14.4 Å². The van der Waals surface area contributed by atoms with Gasteiger partial charge >= 0.3 is 0 Å². The van der Waals surface area contributed by atoms with Crippen LogP contribution in [0.3, 0.4) is 0 Å². The van der Waals surface area contributed by atoms with E-state index >= 15 is 0 Å². The fourth-order valence-electron chi connectivity index (χ4n) is 6.93. The van der Waals surface area contributed by atoms with E-state index < -0.39 is 29.6 Å². The highest BCUT2D eigenvalue weighted by atomic mass is 35.5. The third kappa shape index (κ3) is 5.00. The highest BCUT2D eigenvalue weighted by Crippen LogP contribution is 2.55. The molecular formula is C30H40ClN3O5. The lowest BCUT2D eigenvalue weighted by atomic mass is 9.73. The molecule has 2 N–H and O–H groups in total. The predicted octanol–water partition coefficient (Wildman–Crippen LogP) is 4.11. The molecule has 0 radical (unpaired) electrons. The Balaban J connectivity index is 1.41. The van der Waals surface area contributed by atoms with E-state index in [9.17, 15) is 14.4 Å². The van der Waals surface area contributed by atoms with Crippen LogP contribution in [0.25, 0.3) is 0 Å². The monoisotopic (exact) mass is 557 g/mol. The van der Waals surface area contributed by atoms with Gasteiger partial charge in [0.1, 0.15) is 11.6 Å². The van der Waals surface area contributed by atoms with E-state index in [1.54, 1.807) is 17.0 Å². The van der Waals surface area contributed by atoms with Gasteiger partial charge in [0.25, 0.3) is 0 Å². The van der Waals surface area contributed by atoms with Gasteiger partial charge in [-0.2, -0.15) is 0 Å². The molecule has 1 aromatic carbocycles. The molecule has 0 aromatic heterocycles. The summed E-state index contributed by atoms with van der Waals surface area (Å²) in [5.74, 6) is -1.40. The van der Waals surface area contributed by atoms with Crippen molar-refractivity contribution in [2.45, 2.75) is 77.2 Å². The summed E-state index contributed by atoms with van der Waals surface area (Å²) >= 11 is 6.27. The molecular weight excluding hydrogens is 518 g/mol. The number of benzene rings is 1. The normalized spacial score (nSPS) is 34.8. The molecule has 3 amide bonds. The quantitative estimate of drug-likeness (QED) is 0.352. The van der Waals surface area contributed by atoms with Crippen LogP contribution in [0.4, 0.5) is 5.69 Å². The maximum Gasteiger partial charge on any atom is 0.246 e. The molecule has 5 rings (SSSR count). The first-order valence-corrected chi connectivity index (χ1v) is 14.7. The minimum absolute atomic E-state index is 0.0463. The second kappa shape index (κ2) is 11.2. The highest BCUT2D eigenvalue weighted by molar-refractivity contribution is 6.31. The fourth-order valence-corrected chi connectivity index (χ4v) is 7.11. The first kappa shape index (κ1) is 28.1. The van der Waals surface area contributed by atoms with Crippen molar-refractivity contribution < 1.29 is 23.9 Å². The molecule has 2 saturated heterocycles. The van der Waals surface area contributed by atoms with E-state index in [0.29, 0.717) is 48.7 Å². The van der Waals surface area contributed by atoms with E-state index in [-0.39, 0.29) is 23.8 Å². The van der Waals surface area contributed by atoms with Crippen molar-refractivity contribution in [3.05, 3.63) is 40.9 Å². The van der Waals surface area contributed by atoms with Gasteiger partial charge < -0.3 is 25.0 Å². The van der Waals surface area contributed by atoms with Gasteiger partial charge in [-0.1, -0.05) is 56.5 Å². The van der Waals surface area contributed by atoms with E-state index in [2.05, 4.69) is 24.5 Å². The third-order valence-electron chi connectivity index (χ3n) is 9.29. The molecule has 8 nitrogen and oxygen atoms in total. The fraction of sp³-hybridized carbons (Fsp3) is 0.633. The molecule has 3 fully saturated rings. The SMILES string of the molecule is CCOCCCN1C(=O)C2C(C(=O)Nc3ccc(C)c(Cl)c3)C3C=CC2(O3)C1C(=O)NC1CCCC(C)C1C. The number of likely N-dealkylation sites (tertiary alicyclic amines) is 1. The molecule has 8 atom stereocenters. The minimum Gasteiger partial charge on any atom is -0.382 e. The van der Waals surface area contributed by atoms with Crippen LogP contribution in [-0.4, -0.2) is 66.2 Å². The molecule has 1 saturated carbocycles. The smallest absolute Gasteiger partial charge is 0.246 e. The van der Waals surface area contributed by atoms with Gasteiger partial charge in [0, 0.05) is 36.5 Å². The Kier molecular flexibility index (Phi) is 8.09. The van der Waals surface area contributed by atoms with Gasteiger partial charge in [0.2, 0.25) is 17.7 Å². The summed E-state index contributed by atoms with van der Waals surface area (Å²) in [6, 6.07) is 4.54. The lowest BCUT2D eigenvalue weighted by Gasteiger charge is -2.38. The number of rotatable bonds is 9. The summed E-state index contributed by atoms with van der Waals surface area (Å²) in [7, 11) is 0. The summed E-state index contributed by atoms with van der Waals surface area (Å²) in [5, 5.41) is 6.77. The zero-order valence-corrected chi connectivity index (χ0v) is 24.0. The van der Waals surface area contributed by atoms with Gasteiger partial charge in [-0.15, -0.1) is 0 Å². The third-order valence-corrected chi connectivity index (χ3v) is 9.70. The second-order valence-electron chi connectivity index (χ2n) is 11.6. The summed E-state index contributed by atoms with van der Waals surface area (Å²) in [6.07, 6.45) is 6.85. The van der Waals surface area contributed by atoms with Crippen molar-refractivity contribution in [2.24, 2.45) is 23.7 Å². The molecule has 4 aliphatic rings. The Labute approximate surface area is 235 Å². The van der Waals surface area contributed by atoms with Crippen molar-refractivity contribution in [1.82, 2.24) is 10.2 Å². The number of halogens is 1. The number of aryl methyl sites for hydroxylation is 1. The molecule has 1 aliphatic carbocycles. The summed E-state index contributed by atoms with van der Waals surface area (Å²) < 4.78 is 12.0. The van der Waals surface area contributed by atoms with Crippen LogP contribution in [0.1, 0.15) is 52.0 Å². The number of ether oxygens (including phenoxy) is 2. The number of carbonyl (C=O) groups is 3. The van der Waals surface area contributed by atoms with Crippen molar-refractivity contribution >= 4 is 35.0 Å². The molecule has 9 heteroatoms. The first-order chi connectivity index (χ1) is 18.7. The molecule has 1 spiro atoms. The summed E-state index contributed by atoms with van der Waals surface area (Å²) in [5.41, 5.74) is 0.294. The van der Waals surface area contributed by atoms with E-state index in [4.69, 9.17) is 21.1 Å². The molecule has 39 heavy (non-hydrogen) atoms. The molecule has 1 aromatic rings. The Hall–Kier alpha value is -2.42. The number of nitrogens with one attached hydrogen (secondary N) is 2. The van der Waals surface area contributed by atoms with E-state index in [1.165, 1.54) is 0 Å². The number of amides is 3. The van der Waals surface area contributed by atoms with Gasteiger partial charge in [-0.25, -0.2) is 0 Å². The summed E-state index contributed by atoms with van der Waals surface area (Å²) in [4.78, 5) is 43.3. The molecule has 212 valence electrons. The largest absolute Gasteiger partial charge is 0.382 e. The Morgan fingerprint density at radius 1 is 1.23 bits per heavy atom. The van der Waals surface area contributed by atoms with Crippen molar-refractivity contribution in [3.8, 4) is 0 Å². The molecule has 2 bridgehead atoms. The lowest BCUT2D eigenvalue weighted by molar-refractivity contribution is -0.141. The first-order valence-electron chi connectivity index (χ1n) is 14.3. The van der Waals surface area contributed by atoms with Crippen LogP contribution in [0, 0.1) is 30.6 Å². The Morgan fingerprint density at radius 2 is 2.03 bits per heavy atom. The Bertz CT molecular complexity index is 1160. The molecule has 3 heterocycles. The number of hydrogen-bond acceptors (Lipinski definition) is 5. The molecule has 3 aliphatic heterocycles. The summed E-state index contributed by atoms with van der Waals surface area (Å²) in [6.45, 7) is 9.66. The second-order valence-corrected chi connectivity index (χ2v) is 12.0. The van der Waals surface area contributed by atoms with Crippen molar-refractivity contribution in [1.29, 1.82) is 0 Å². The maximum atomic E-state index is 14.0. The number of nitrogens with zero attached hydrogens (tertiary/aromatic N) is 1. The minimum atomic E-state index is -1.17. The average molecular weight is 558 g/mol. The van der Waals surface area contributed by atoms with Crippen LogP contribution in [0.15, 0.2) is 30.4 Å². The number of hydrogen-bond donors (Lipinski definition) is 2. The topological polar surface area (TPSA) is 97.0 Å². The van der Waals surface area contributed by atoms with Crippen molar-refractivity contribution in [3.63, 3.8) is 0 Å². The zero-order chi connectivity index (χ0) is 27.9. The van der Waals surface area contributed by atoms with Crippen LogP contribution in [0.5, 0.6) is 0 Å². The van der Waals surface area contributed by atoms with Crippen LogP contribution >= 0.6 is 11.6 Å². The highest BCUT2D eigenvalue weighted by Gasteiger charge is 2.72. The number of fused-ring (bicyclic) bond motifs is 1. The Morgan fingerprint density at radius 3 is 2.77 bits per heavy atom. The lowest BCUT2D eigenvalue weighted by Crippen LogP contribution is -2.58. The van der Waals surface area contributed by atoms with Gasteiger partial charge in [-0.05, 0) is 56.2 Å². The van der Waals surface area contributed by atoms with Crippen molar-refractivity contribution in [2.75, 3.05) is 25.1 Å². The molecule has 8 unspecified atom stereocenters. The van der Waals surface area contributed by atoms with Crippen LogP contribution in [-0.2, 0) is 23.9 Å². The predicted molar refractivity (Wildman–Crippen MR) is 149 cm³/mol.